The predicted molar refractivity (Wildman–Crippen MR) is 54.0 cm³/mol. The molecule has 0 spiro atoms. The highest BCUT2D eigenvalue weighted by Crippen LogP contribution is 2.35. The fourth-order valence-corrected chi connectivity index (χ4v) is 1.82. The number of rotatable bonds is 0. The Labute approximate surface area is 81.7 Å². The Morgan fingerprint density at radius 1 is 1.36 bits per heavy atom. The largest absolute Gasteiger partial charge is 0.377 e. The molecule has 0 aliphatic carbocycles. The monoisotopic (exact) mass is 186 g/mol. The third kappa shape index (κ3) is 0.954. The number of nitrogens with one attached hydrogen (secondary N) is 1. The summed E-state index contributed by atoms with van der Waals surface area (Å²) in [5.74, 6) is 0.920. The number of hydrogen-bond donors (Lipinski definition) is 1. The number of hydrogen-bond acceptors (Lipinski definition) is 3. The maximum atomic E-state index is 5.14. The number of aromatic nitrogens is 1. The third-order valence-corrected chi connectivity index (χ3v) is 2.55. The Kier molecular flexibility index (Phi) is 1.42. The molecule has 0 bridgehead atoms. The molecule has 2 aromatic rings. The SMILES string of the molecule is Cc1ccc2c(c1)-c1cnoc1CN2. The van der Waals surface area contributed by atoms with E-state index < -0.39 is 0 Å². The van der Waals surface area contributed by atoms with Gasteiger partial charge in [-0.15, -0.1) is 0 Å². The van der Waals surface area contributed by atoms with E-state index in [2.05, 4.69) is 35.6 Å². The van der Waals surface area contributed by atoms with Crippen LogP contribution in [0.25, 0.3) is 11.1 Å². The van der Waals surface area contributed by atoms with Crippen LogP contribution in [0.2, 0.25) is 0 Å². The molecular weight excluding hydrogens is 176 g/mol. The summed E-state index contributed by atoms with van der Waals surface area (Å²) < 4.78 is 5.14. The molecule has 1 aromatic carbocycles. The van der Waals surface area contributed by atoms with Gasteiger partial charge in [0.05, 0.1) is 12.7 Å². The molecule has 3 rings (SSSR count). The molecule has 1 aliphatic rings. The van der Waals surface area contributed by atoms with Crippen LogP contribution in [0, 0.1) is 6.92 Å². The summed E-state index contributed by atoms with van der Waals surface area (Å²) in [6, 6.07) is 6.35. The first-order chi connectivity index (χ1) is 6.84. The Hall–Kier alpha value is -1.77. The van der Waals surface area contributed by atoms with E-state index in [0.29, 0.717) is 0 Å². The molecule has 1 aromatic heterocycles. The van der Waals surface area contributed by atoms with Gasteiger partial charge in [-0.3, -0.25) is 0 Å². The van der Waals surface area contributed by atoms with E-state index in [1.165, 1.54) is 11.1 Å². The van der Waals surface area contributed by atoms with E-state index in [0.717, 1.165) is 23.6 Å². The Morgan fingerprint density at radius 2 is 2.29 bits per heavy atom. The summed E-state index contributed by atoms with van der Waals surface area (Å²) in [5, 5.41) is 7.12. The van der Waals surface area contributed by atoms with Crippen molar-refractivity contribution in [1.29, 1.82) is 0 Å². The summed E-state index contributed by atoms with van der Waals surface area (Å²) in [6.07, 6.45) is 1.79. The normalized spacial score (nSPS) is 12.9. The number of fused-ring (bicyclic) bond motifs is 3. The predicted octanol–water partition coefficient (Wildman–Crippen LogP) is 2.58. The fourth-order valence-electron chi connectivity index (χ4n) is 1.82. The van der Waals surface area contributed by atoms with Crippen LogP contribution in [-0.4, -0.2) is 5.16 Å². The third-order valence-electron chi connectivity index (χ3n) is 2.55. The van der Waals surface area contributed by atoms with Crippen molar-refractivity contribution in [1.82, 2.24) is 5.16 Å². The molecule has 1 N–H and O–H groups in total. The van der Waals surface area contributed by atoms with E-state index in [4.69, 9.17) is 4.52 Å². The molecule has 0 amide bonds. The average Bonchev–Trinajstić information content (AvgIpc) is 2.65. The van der Waals surface area contributed by atoms with Crippen LogP contribution in [0.1, 0.15) is 11.3 Å². The molecule has 0 saturated carbocycles. The van der Waals surface area contributed by atoms with Gasteiger partial charge in [0.2, 0.25) is 0 Å². The topological polar surface area (TPSA) is 38.1 Å². The fraction of sp³-hybridized carbons (Fsp3) is 0.182. The summed E-state index contributed by atoms with van der Waals surface area (Å²) in [5.41, 5.74) is 4.71. The second kappa shape index (κ2) is 2.61. The maximum absolute atomic E-state index is 5.14. The van der Waals surface area contributed by atoms with Gasteiger partial charge in [-0.05, 0) is 19.1 Å². The summed E-state index contributed by atoms with van der Waals surface area (Å²) in [7, 11) is 0. The molecule has 0 unspecified atom stereocenters. The van der Waals surface area contributed by atoms with Crippen molar-refractivity contribution in [3.05, 3.63) is 35.7 Å². The van der Waals surface area contributed by atoms with Gasteiger partial charge in [-0.25, -0.2) is 0 Å². The Morgan fingerprint density at radius 3 is 3.21 bits per heavy atom. The Balaban J connectivity index is 2.28. The van der Waals surface area contributed by atoms with Crippen LogP contribution in [0.5, 0.6) is 0 Å². The van der Waals surface area contributed by atoms with Crippen LogP contribution < -0.4 is 5.32 Å². The quantitative estimate of drug-likeness (QED) is 0.687. The molecule has 70 valence electrons. The van der Waals surface area contributed by atoms with Gasteiger partial charge >= 0.3 is 0 Å². The zero-order chi connectivity index (χ0) is 9.54. The number of nitrogens with zero attached hydrogens (tertiary/aromatic N) is 1. The van der Waals surface area contributed by atoms with Gasteiger partial charge in [0.1, 0.15) is 0 Å². The van der Waals surface area contributed by atoms with Crippen molar-refractivity contribution in [3.8, 4) is 11.1 Å². The maximum Gasteiger partial charge on any atom is 0.163 e. The molecule has 14 heavy (non-hydrogen) atoms. The summed E-state index contributed by atoms with van der Waals surface area (Å²) in [4.78, 5) is 0. The second-order valence-electron chi connectivity index (χ2n) is 3.57. The van der Waals surface area contributed by atoms with Gasteiger partial charge in [0, 0.05) is 16.8 Å². The summed E-state index contributed by atoms with van der Waals surface area (Å²) in [6.45, 7) is 2.81. The van der Waals surface area contributed by atoms with Gasteiger partial charge in [-0.2, -0.15) is 0 Å². The minimum absolute atomic E-state index is 0.728. The van der Waals surface area contributed by atoms with Crippen molar-refractivity contribution < 1.29 is 4.52 Å². The van der Waals surface area contributed by atoms with E-state index in [9.17, 15) is 0 Å². The second-order valence-corrected chi connectivity index (χ2v) is 3.57. The van der Waals surface area contributed by atoms with E-state index in [1.54, 1.807) is 6.20 Å². The molecule has 0 radical (unpaired) electrons. The molecule has 1 aliphatic heterocycles. The van der Waals surface area contributed by atoms with Crippen LogP contribution in [-0.2, 0) is 6.54 Å². The van der Waals surface area contributed by atoms with Crippen LogP contribution in [0.3, 0.4) is 0 Å². The van der Waals surface area contributed by atoms with Crippen molar-refractivity contribution in [3.63, 3.8) is 0 Å². The van der Waals surface area contributed by atoms with Crippen molar-refractivity contribution in [2.24, 2.45) is 0 Å². The van der Waals surface area contributed by atoms with E-state index in [-0.39, 0.29) is 0 Å². The molecule has 0 fully saturated rings. The lowest BCUT2D eigenvalue weighted by molar-refractivity contribution is 0.388. The Bertz CT molecular complexity index is 488. The van der Waals surface area contributed by atoms with E-state index in [1.807, 2.05) is 0 Å². The minimum atomic E-state index is 0.728. The first kappa shape index (κ1) is 7.62. The number of aryl methyl sites for hydroxylation is 1. The average molecular weight is 186 g/mol. The summed E-state index contributed by atoms with van der Waals surface area (Å²) >= 11 is 0. The first-order valence-corrected chi connectivity index (χ1v) is 4.63. The molecule has 2 heterocycles. The zero-order valence-corrected chi connectivity index (χ0v) is 7.87. The molecule has 0 atom stereocenters. The van der Waals surface area contributed by atoms with Crippen molar-refractivity contribution in [2.45, 2.75) is 13.5 Å². The van der Waals surface area contributed by atoms with Gasteiger partial charge in [0.25, 0.3) is 0 Å². The van der Waals surface area contributed by atoms with Gasteiger partial charge in [0.15, 0.2) is 5.76 Å². The lowest BCUT2D eigenvalue weighted by Crippen LogP contribution is -2.06. The highest BCUT2D eigenvalue weighted by atomic mass is 16.5. The zero-order valence-electron chi connectivity index (χ0n) is 7.87. The minimum Gasteiger partial charge on any atom is -0.377 e. The van der Waals surface area contributed by atoms with Crippen LogP contribution in [0.4, 0.5) is 5.69 Å². The smallest absolute Gasteiger partial charge is 0.163 e. The van der Waals surface area contributed by atoms with Gasteiger partial charge < -0.3 is 9.84 Å². The van der Waals surface area contributed by atoms with Crippen molar-refractivity contribution in [2.75, 3.05) is 5.32 Å². The standard InChI is InChI=1S/C11H10N2O/c1-7-2-3-10-8(4-7)9-5-13-14-11(9)6-12-10/h2-5,12H,6H2,1H3. The lowest BCUT2D eigenvalue weighted by Gasteiger charge is -2.16. The number of anilines is 1. The molecule has 0 saturated heterocycles. The first-order valence-electron chi connectivity index (χ1n) is 4.63. The highest BCUT2D eigenvalue weighted by Gasteiger charge is 2.18. The number of benzene rings is 1. The molecule has 3 nitrogen and oxygen atoms in total. The molecular formula is C11H10N2O. The highest BCUT2D eigenvalue weighted by molar-refractivity contribution is 5.81. The van der Waals surface area contributed by atoms with Crippen LogP contribution >= 0.6 is 0 Å². The van der Waals surface area contributed by atoms with Crippen molar-refractivity contribution >= 4 is 5.69 Å². The van der Waals surface area contributed by atoms with Gasteiger partial charge in [-0.1, -0.05) is 16.8 Å². The van der Waals surface area contributed by atoms with E-state index >= 15 is 0 Å². The molecule has 3 heteroatoms. The lowest BCUT2D eigenvalue weighted by atomic mass is 9.99. The van der Waals surface area contributed by atoms with Crippen LogP contribution in [0.15, 0.2) is 28.9 Å².